The van der Waals surface area contributed by atoms with Crippen LogP contribution in [0.15, 0.2) is 0 Å². The number of unbranched alkanes of at least 4 members (excludes halogenated alkanes) is 2. The lowest BCUT2D eigenvalue weighted by molar-refractivity contribution is -0.147. The van der Waals surface area contributed by atoms with E-state index >= 15 is 0 Å². The molecule has 3 heteroatoms. The predicted octanol–water partition coefficient (Wildman–Crippen LogP) is 1.70. The van der Waals surface area contributed by atoms with Crippen molar-refractivity contribution in [1.82, 2.24) is 0 Å². The predicted molar refractivity (Wildman–Crippen MR) is 45.8 cm³/mol. The first kappa shape index (κ1) is 11.1. The van der Waals surface area contributed by atoms with Gasteiger partial charge in [0.05, 0.1) is 6.10 Å². The molecule has 0 bridgehead atoms. The van der Waals surface area contributed by atoms with E-state index in [0.29, 0.717) is 12.8 Å². The smallest absolute Gasteiger partial charge is 0.306 e. The molecule has 0 saturated heterocycles. The molecule has 0 aliphatic rings. The van der Waals surface area contributed by atoms with E-state index in [1.54, 1.807) is 0 Å². The van der Waals surface area contributed by atoms with Crippen LogP contribution < -0.4 is 0 Å². The summed E-state index contributed by atoms with van der Waals surface area (Å²) in [6, 6.07) is 0. The quantitative estimate of drug-likeness (QED) is 0.348. The number of aldehydes is 1. The lowest BCUT2D eigenvalue weighted by Gasteiger charge is -2.06. The second kappa shape index (κ2) is 6.83. The summed E-state index contributed by atoms with van der Waals surface area (Å²) in [6.45, 7) is 3.65. The molecule has 0 heterocycles. The summed E-state index contributed by atoms with van der Waals surface area (Å²) >= 11 is 0. The molecule has 0 rings (SSSR count). The Morgan fingerprint density at radius 3 is 2.58 bits per heavy atom. The van der Waals surface area contributed by atoms with Gasteiger partial charge in [0.2, 0.25) is 0 Å². The molecule has 0 aromatic rings. The van der Waals surface area contributed by atoms with Crippen molar-refractivity contribution in [2.45, 2.75) is 45.6 Å². The van der Waals surface area contributed by atoms with Gasteiger partial charge in [-0.2, -0.15) is 0 Å². The molecule has 0 atom stereocenters. The summed E-state index contributed by atoms with van der Waals surface area (Å²) in [5.41, 5.74) is 0. The third kappa shape index (κ3) is 7.25. The molecule has 12 heavy (non-hydrogen) atoms. The molecule has 3 nitrogen and oxygen atoms in total. The van der Waals surface area contributed by atoms with Crippen LogP contribution in [0.3, 0.4) is 0 Å². The number of rotatable bonds is 6. The maximum absolute atomic E-state index is 10.9. The summed E-state index contributed by atoms with van der Waals surface area (Å²) in [5, 5.41) is 0. The van der Waals surface area contributed by atoms with Crippen LogP contribution in [-0.2, 0) is 14.3 Å². The van der Waals surface area contributed by atoms with E-state index in [9.17, 15) is 9.59 Å². The van der Waals surface area contributed by atoms with Crippen LogP contribution in [0.5, 0.6) is 0 Å². The Balaban J connectivity index is 3.25. The van der Waals surface area contributed by atoms with Crippen molar-refractivity contribution in [3.63, 3.8) is 0 Å². The fraction of sp³-hybridized carbons (Fsp3) is 0.778. The van der Waals surface area contributed by atoms with Crippen LogP contribution in [0.4, 0.5) is 0 Å². The third-order valence-electron chi connectivity index (χ3n) is 1.32. The van der Waals surface area contributed by atoms with E-state index in [1.807, 2.05) is 13.8 Å². The zero-order valence-electron chi connectivity index (χ0n) is 7.71. The molecule has 0 unspecified atom stereocenters. The molecule has 70 valence electrons. The van der Waals surface area contributed by atoms with Gasteiger partial charge in [0, 0.05) is 12.8 Å². The first-order valence-corrected chi connectivity index (χ1v) is 4.30. The van der Waals surface area contributed by atoms with Crippen LogP contribution in [0.2, 0.25) is 0 Å². The Bertz CT molecular complexity index is 141. The first-order valence-electron chi connectivity index (χ1n) is 4.30. The van der Waals surface area contributed by atoms with Gasteiger partial charge in [-0.1, -0.05) is 0 Å². The molecule has 0 radical (unpaired) electrons. The number of esters is 1. The molecule has 0 saturated carbocycles. The number of carbonyl (C=O) groups excluding carboxylic acids is 2. The molecule has 0 spiro atoms. The van der Waals surface area contributed by atoms with Crippen LogP contribution in [-0.4, -0.2) is 18.4 Å². The van der Waals surface area contributed by atoms with E-state index in [0.717, 1.165) is 19.1 Å². The monoisotopic (exact) mass is 172 g/mol. The number of hydrogen-bond donors (Lipinski definition) is 0. The highest BCUT2D eigenvalue weighted by Gasteiger charge is 2.03. The van der Waals surface area contributed by atoms with Crippen molar-refractivity contribution < 1.29 is 14.3 Å². The highest BCUT2D eigenvalue weighted by Crippen LogP contribution is 2.01. The standard InChI is InChI=1S/C9H16O3/c1-8(2)12-9(11)6-4-3-5-7-10/h7-8H,3-6H2,1-2H3. The van der Waals surface area contributed by atoms with E-state index in [1.165, 1.54) is 0 Å². The van der Waals surface area contributed by atoms with Gasteiger partial charge in [-0.3, -0.25) is 4.79 Å². The van der Waals surface area contributed by atoms with Crippen molar-refractivity contribution in [1.29, 1.82) is 0 Å². The average molecular weight is 172 g/mol. The Morgan fingerprint density at radius 2 is 2.08 bits per heavy atom. The molecule has 0 fully saturated rings. The number of hydrogen-bond acceptors (Lipinski definition) is 3. The maximum atomic E-state index is 10.9. The van der Waals surface area contributed by atoms with Crippen LogP contribution in [0.25, 0.3) is 0 Å². The number of carbonyl (C=O) groups is 2. The summed E-state index contributed by atoms with van der Waals surface area (Å²) in [6.07, 6.45) is 3.30. The van der Waals surface area contributed by atoms with Crippen LogP contribution >= 0.6 is 0 Å². The summed E-state index contributed by atoms with van der Waals surface area (Å²) in [7, 11) is 0. The van der Waals surface area contributed by atoms with Crippen molar-refractivity contribution in [2.75, 3.05) is 0 Å². The van der Waals surface area contributed by atoms with Gasteiger partial charge in [-0.05, 0) is 26.7 Å². The van der Waals surface area contributed by atoms with Crippen molar-refractivity contribution in [3.8, 4) is 0 Å². The lowest BCUT2D eigenvalue weighted by Crippen LogP contribution is -2.10. The Morgan fingerprint density at radius 1 is 1.42 bits per heavy atom. The fourth-order valence-corrected chi connectivity index (χ4v) is 0.819. The Labute approximate surface area is 73.1 Å². The van der Waals surface area contributed by atoms with Crippen molar-refractivity contribution >= 4 is 12.3 Å². The molecule has 0 amide bonds. The Hall–Kier alpha value is -0.860. The highest BCUT2D eigenvalue weighted by molar-refractivity contribution is 5.69. The van der Waals surface area contributed by atoms with Crippen molar-refractivity contribution in [3.05, 3.63) is 0 Å². The zero-order chi connectivity index (χ0) is 9.40. The maximum Gasteiger partial charge on any atom is 0.306 e. The molecule has 0 aliphatic heterocycles. The van der Waals surface area contributed by atoms with E-state index in [4.69, 9.17) is 4.74 Å². The van der Waals surface area contributed by atoms with Crippen LogP contribution in [0.1, 0.15) is 39.5 Å². The molecular formula is C9H16O3. The first-order chi connectivity index (χ1) is 5.66. The number of ether oxygens (including phenoxy) is 1. The summed E-state index contributed by atoms with van der Waals surface area (Å²) in [4.78, 5) is 20.8. The minimum atomic E-state index is -0.170. The van der Waals surface area contributed by atoms with Crippen molar-refractivity contribution in [2.24, 2.45) is 0 Å². The molecule has 0 N–H and O–H groups in total. The van der Waals surface area contributed by atoms with E-state index in [-0.39, 0.29) is 12.1 Å². The van der Waals surface area contributed by atoms with Gasteiger partial charge in [-0.15, -0.1) is 0 Å². The third-order valence-corrected chi connectivity index (χ3v) is 1.32. The second-order valence-corrected chi connectivity index (χ2v) is 2.95. The van der Waals surface area contributed by atoms with Crippen LogP contribution in [0, 0.1) is 0 Å². The summed E-state index contributed by atoms with van der Waals surface area (Å²) in [5.74, 6) is -0.170. The van der Waals surface area contributed by atoms with Gasteiger partial charge in [0.1, 0.15) is 6.29 Å². The van der Waals surface area contributed by atoms with E-state index in [2.05, 4.69) is 0 Å². The fourth-order valence-electron chi connectivity index (χ4n) is 0.819. The van der Waals surface area contributed by atoms with Gasteiger partial charge < -0.3 is 9.53 Å². The molecule has 0 aromatic heterocycles. The molecule has 0 aliphatic carbocycles. The molecule has 0 aromatic carbocycles. The highest BCUT2D eigenvalue weighted by atomic mass is 16.5. The normalized spacial score (nSPS) is 9.92. The lowest BCUT2D eigenvalue weighted by atomic mass is 10.2. The second-order valence-electron chi connectivity index (χ2n) is 2.95. The summed E-state index contributed by atoms with van der Waals surface area (Å²) < 4.78 is 4.90. The zero-order valence-corrected chi connectivity index (χ0v) is 7.71. The van der Waals surface area contributed by atoms with Gasteiger partial charge in [-0.25, -0.2) is 0 Å². The minimum absolute atomic E-state index is 0.0384. The topological polar surface area (TPSA) is 43.4 Å². The SMILES string of the molecule is CC(C)OC(=O)CCCCC=O. The van der Waals surface area contributed by atoms with Gasteiger partial charge >= 0.3 is 5.97 Å². The van der Waals surface area contributed by atoms with Gasteiger partial charge in [0.25, 0.3) is 0 Å². The Kier molecular flexibility index (Phi) is 6.34. The molecular weight excluding hydrogens is 156 g/mol. The average Bonchev–Trinajstić information content (AvgIpc) is 1.97. The minimum Gasteiger partial charge on any atom is -0.463 e. The van der Waals surface area contributed by atoms with Gasteiger partial charge in [0.15, 0.2) is 0 Å². The van der Waals surface area contributed by atoms with E-state index < -0.39 is 0 Å². The largest absolute Gasteiger partial charge is 0.463 e.